The molecule has 1 aliphatic heterocycles. The van der Waals surface area contributed by atoms with Gasteiger partial charge in [-0.3, -0.25) is 4.90 Å². The minimum Gasteiger partial charge on any atom is -0.329 e. The maximum absolute atomic E-state index is 13.4. The highest BCUT2D eigenvalue weighted by atomic mass is 19.1. The molecule has 1 heterocycles. The number of hydrogen-bond acceptors (Lipinski definition) is 2. The van der Waals surface area contributed by atoms with E-state index in [1.54, 1.807) is 6.07 Å². The van der Waals surface area contributed by atoms with Gasteiger partial charge < -0.3 is 5.73 Å². The van der Waals surface area contributed by atoms with Gasteiger partial charge in [0.25, 0.3) is 0 Å². The predicted molar refractivity (Wildman–Crippen MR) is 72.8 cm³/mol. The molecule has 1 saturated heterocycles. The van der Waals surface area contributed by atoms with Crippen molar-refractivity contribution in [2.75, 3.05) is 19.6 Å². The highest BCUT2D eigenvalue weighted by Gasteiger charge is 2.31. The fourth-order valence-corrected chi connectivity index (χ4v) is 2.87. The van der Waals surface area contributed by atoms with E-state index in [9.17, 15) is 4.39 Å². The lowest BCUT2D eigenvalue weighted by Gasteiger charge is -2.28. The smallest absolute Gasteiger partial charge is 0.123 e. The predicted octanol–water partition coefficient (Wildman–Crippen LogP) is 2.72. The third-order valence-corrected chi connectivity index (χ3v) is 4.28. The van der Waals surface area contributed by atoms with Crippen LogP contribution in [0.4, 0.5) is 4.39 Å². The van der Waals surface area contributed by atoms with Gasteiger partial charge in [0, 0.05) is 25.7 Å². The zero-order chi connectivity index (χ0) is 13.3. The molecule has 0 spiro atoms. The molecule has 18 heavy (non-hydrogen) atoms. The van der Waals surface area contributed by atoms with Crippen LogP contribution in [-0.4, -0.2) is 24.5 Å². The minimum absolute atomic E-state index is 0.146. The van der Waals surface area contributed by atoms with Crippen molar-refractivity contribution in [3.63, 3.8) is 0 Å². The minimum atomic E-state index is -0.172. The summed E-state index contributed by atoms with van der Waals surface area (Å²) in [6.07, 6.45) is 0. The van der Waals surface area contributed by atoms with E-state index < -0.39 is 0 Å². The van der Waals surface area contributed by atoms with Gasteiger partial charge in [-0.1, -0.05) is 19.9 Å². The maximum Gasteiger partial charge on any atom is 0.123 e. The molecule has 0 bridgehead atoms. The van der Waals surface area contributed by atoms with Crippen LogP contribution in [0, 0.1) is 24.6 Å². The molecular formula is C15H23FN2. The first-order valence-corrected chi connectivity index (χ1v) is 6.73. The van der Waals surface area contributed by atoms with Crippen LogP contribution in [0.3, 0.4) is 0 Å². The second-order valence-electron chi connectivity index (χ2n) is 5.66. The topological polar surface area (TPSA) is 29.3 Å². The number of likely N-dealkylation sites (tertiary alicyclic amines) is 1. The van der Waals surface area contributed by atoms with Crippen molar-refractivity contribution in [3.8, 4) is 0 Å². The third kappa shape index (κ3) is 2.57. The van der Waals surface area contributed by atoms with Crippen LogP contribution < -0.4 is 5.73 Å². The summed E-state index contributed by atoms with van der Waals surface area (Å²) >= 11 is 0. The summed E-state index contributed by atoms with van der Waals surface area (Å²) in [5.74, 6) is 1.20. The van der Waals surface area contributed by atoms with Gasteiger partial charge in [0.15, 0.2) is 0 Å². The Labute approximate surface area is 109 Å². The number of benzene rings is 1. The molecule has 0 radical (unpaired) electrons. The normalized spacial score (nSPS) is 26.5. The number of nitrogens with two attached hydrogens (primary N) is 1. The van der Waals surface area contributed by atoms with Gasteiger partial charge in [0.05, 0.1) is 0 Å². The number of aryl methyl sites for hydroxylation is 1. The van der Waals surface area contributed by atoms with E-state index in [-0.39, 0.29) is 11.9 Å². The second kappa shape index (κ2) is 5.37. The Hall–Kier alpha value is -0.930. The monoisotopic (exact) mass is 250 g/mol. The van der Waals surface area contributed by atoms with E-state index in [1.807, 2.05) is 13.0 Å². The SMILES string of the molecule is Cc1ccc(F)cc1C(CN)N1CC(C)C(C)C1. The van der Waals surface area contributed by atoms with E-state index in [2.05, 4.69) is 18.7 Å². The zero-order valence-electron chi connectivity index (χ0n) is 11.5. The van der Waals surface area contributed by atoms with Crippen LogP contribution in [0.15, 0.2) is 18.2 Å². The summed E-state index contributed by atoms with van der Waals surface area (Å²) < 4.78 is 13.4. The van der Waals surface area contributed by atoms with Gasteiger partial charge in [-0.2, -0.15) is 0 Å². The Bertz CT molecular complexity index is 409. The molecule has 2 rings (SSSR count). The maximum atomic E-state index is 13.4. The lowest BCUT2D eigenvalue weighted by atomic mass is 10.00. The highest BCUT2D eigenvalue weighted by molar-refractivity contribution is 5.30. The molecule has 100 valence electrons. The second-order valence-corrected chi connectivity index (χ2v) is 5.66. The quantitative estimate of drug-likeness (QED) is 0.893. The lowest BCUT2D eigenvalue weighted by molar-refractivity contribution is 0.239. The van der Waals surface area contributed by atoms with Crippen LogP contribution in [-0.2, 0) is 0 Å². The number of hydrogen-bond donors (Lipinski definition) is 1. The van der Waals surface area contributed by atoms with Crippen molar-refractivity contribution in [2.24, 2.45) is 17.6 Å². The van der Waals surface area contributed by atoms with Gasteiger partial charge in [0.1, 0.15) is 5.82 Å². The van der Waals surface area contributed by atoms with Gasteiger partial charge in [-0.05, 0) is 42.0 Å². The van der Waals surface area contributed by atoms with Crippen molar-refractivity contribution >= 4 is 0 Å². The summed E-state index contributed by atoms with van der Waals surface area (Å²) in [6.45, 7) is 9.23. The number of rotatable bonds is 3. The van der Waals surface area contributed by atoms with Gasteiger partial charge in [-0.15, -0.1) is 0 Å². The number of nitrogens with zero attached hydrogens (tertiary/aromatic N) is 1. The molecule has 0 saturated carbocycles. The molecule has 0 aromatic heterocycles. The van der Waals surface area contributed by atoms with Crippen LogP contribution in [0.25, 0.3) is 0 Å². The molecule has 0 amide bonds. The Morgan fingerprint density at radius 3 is 2.50 bits per heavy atom. The Kier molecular flexibility index (Phi) is 4.03. The van der Waals surface area contributed by atoms with Crippen LogP contribution >= 0.6 is 0 Å². The average molecular weight is 250 g/mol. The van der Waals surface area contributed by atoms with Crippen molar-refractivity contribution in [1.82, 2.24) is 4.90 Å². The van der Waals surface area contributed by atoms with E-state index in [4.69, 9.17) is 5.73 Å². The van der Waals surface area contributed by atoms with E-state index in [0.717, 1.165) is 24.2 Å². The van der Waals surface area contributed by atoms with Crippen molar-refractivity contribution in [1.29, 1.82) is 0 Å². The van der Waals surface area contributed by atoms with Gasteiger partial charge in [-0.25, -0.2) is 4.39 Å². The van der Waals surface area contributed by atoms with Crippen molar-refractivity contribution in [2.45, 2.75) is 26.8 Å². The van der Waals surface area contributed by atoms with Gasteiger partial charge >= 0.3 is 0 Å². The van der Waals surface area contributed by atoms with Gasteiger partial charge in [0.2, 0.25) is 0 Å². The summed E-state index contributed by atoms with van der Waals surface area (Å²) in [5, 5.41) is 0. The summed E-state index contributed by atoms with van der Waals surface area (Å²) in [7, 11) is 0. The average Bonchev–Trinajstić information content (AvgIpc) is 2.65. The fourth-order valence-electron chi connectivity index (χ4n) is 2.87. The molecule has 1 aromatic carbocycles. The van der Waals surface area contributed by atoms with Crippen LogP contribution in [0.5, 0.6) is 0 Å². The Balaban J connectivity index is 2.26. The molecule has 1 aliphatic rings. The van der Waals surface area contributed by atoms with E-state index >= 15 is 0 Å². The first-order valence-electron chi connectivity index (χ1n) is 6.73. The summed E-state index contributed by atoms with van der Waals surface area (Å²) in [5.41, 5.74) is 8.10. The molecule has 0 aliphatic carbocycles. The zero-order valence-corrected chi connectivity index (χ0v) is 11.5. The first-order chi connectivity index (χ1) is 8.52. The molecule has 3 heteroatoms. The number of halogens is 1. The molecule has 2 nitrogen and oxygen atoms in total. The van der Waals surface area contributed by atoms with Crippen LogP contribution in [0.2, 0.25) is 0 Å². The molecule has 3 atom stereocenters. The molecule has 2 N–H and O–H groups in total. The molecule has 1 aromatic rings. The van der Waals surface area contributed by atoms with Crippen LogP contribution in [0.1, 0.15) is 31.0 Å². The first kappa shape index (κ1) is 13.5. The summed E-state index contributed by atoms with van der Waals surface area (Å²) in [6, 6.07) is 5.14. The Morgan fingerprint density at radius 2 is 1.94 bits per heavy atom. The Morgan fingerprint density at radius 1 is 1.33 bits per heavy atom. The highest BCUT2D eigenvalue weighted by Crippen LogP contribution is 2.31. The fraction of sp³-hybridized carbons (Fsp3) is 0.600. The van der Waals surface area contributed by atoms with Crippen molar-refractivity contribution in [3.05, 3.63) is 35.1 Å². The standard InChI is InChI=1S/C15H23FN2/c1-10-4-5-13(16)6-14(10)15(7-17)18-8-11(2)12(3)9-18/h4-6,11-12,15H,7-9,17H2,1-3H3. The van der Waals surface area contributed by atoms with E-state index in [0.29, 0.717) is 18.4 Å². The molecule has 1 fully saturated rings. The molecular weight excluding hydrogens is 227 g/mol. The lowest BCUT2D eigenvalue weighted by Crippen LogP contribution is -2.32. The third-order valence-electron chi connectivity index (χ3n) is 4.28. The van der Waals surface area contributed by atoms with Crippen molar-refractivity contribution < 1.29 is 4.39 Å². The van der Waals surface area contributed by atoms with E-state index in [1.165, 1.54) is 6.07 Å². The molecule has 3 unspecified atom stereocenters. The summed E-state index contributed by atoms with van der Waals surface area (Å²) in [4.78, 5) is 2.40. The largest absolute Gasteiger partial charge is 0.329 e.